The Kier molecular flexibility index (Phi) is 7.36. The molecule has 7 nitrogen and oxygen atoms in total. The molecule has 0 atom stereocenters. The lowest BCUT2D eigenvalue weighted by Gasteiger charge is -2.19. The van der Waals surface area contributed by atoms with Crippen molar-refractivity contribution in [3.63, 3.8) is 0 Å². The zero-order chi connectivity index (χ0) is 24.1. The molecular weight excluding hydrogens is 446 g/mol. The Bertz CT molecular complexity index is 1130. The first-order valence-electron chi connectivity index (χ1n) is 11.7. The van der Waals surface area contributed by atoms with Gasteiger partial charge in [0.25, 0.3) is 0 Å². The molecule has 1 fully saturated rings. The molecule has 1 saturated carbocycles. The van der Waals surface area contributed by atoms with Gasteiger partial charge in [-0.1, -0.05) is 87.8 Å². The van der Waals surface area contributed by atoms with Gasteiger partial charge in [-0.05, 0) is 36.0 Å². The number of aromatic nitrogens is 3. The molecule has 178 valence electrons. The molecule has 1 aliphatic carbocycles. The number of hydrogen-bond donors (Lipinski definition) is 2. The standard InChI is InChI=1S/C26H31N5O2S/c1-26(2,3)19-15-13-18(14-16-19)23-29-30-25(31(23)21-11-5-4-6-12-21)34-17-22(32)28-24(33)27-20-9-7-8-10-20/h4-6,11-16,20H,7-10,17H2,1-3H3,(H2,27,28,32,33). The van der Waals surface area contributed by atoms with E-state index in [0.29, 0.717) is 11.0 Å². The number of nitrogens with one attached hydrogen (secondary N) is 2. The third-order valence-corrected chi connectivity index (χ3v) is 6.86. The topological polar surface area (TPSA) is 88.9 Å². The van der Waals surface area contributed by atoms with E-state index in [-0.39, 0.29) is 23.1 Å². The summed E-state index contributed by atoms with van der Waals surface area (Å²) < 4.78 is 1.95. The molecule has 0 saturated heterocycles. The Labute approximate surface area is 204 Å². The van der Waals surface area contributed by atoms with Crippen molar-refractivity contribution >= 4 is 23.7 Å². The van der Waals surface area contributed by atoms with E-state index in [1.165, 1.54) is 17.3 Å². The van der Waals surface area contributed by atoms with Gasteiger partial charge >= 0.3 is 6.03 Å². The monoisotopic (exact) mass is 477 g/mol. The van der Waals surface area contributed by atoms with Gasteiger partial charge in [-0.2, -0.15) is 0 Å². The molecule has 3 amide bonds. The van der Waals surface area contributed by atoms with Crippen molar-refractivity contribution in [1.82, 2.24) is 25.4 Å². The van der Waals surface area contributed by atoms with Crippen LogP contribution in [0.1, 0.15) is 52.0 Å². The molecule has 1 aromatic heterocycles. The van der Waals surface area contributed by atoms with E-state index in [4.69, 9.17) is 0 Å². The van der Waals surface area contributed by atoms with Crippen LogP contribution in [0.3, 0.4) is 0 Å². The van der Waals surface area contributed by atoms with Crippen molar-refractivity contribution < 1.29 is 9.59 Å². The lowest BCUT2D eigenvalue weighted by molar-refractivity contribution is -0.117. The zero-order valence-corrected chi connectivity index (χ0v) is 20.7. The van der Waals surface area contributed by atoms with Gasteiger partial charge in [0, 0.05) is 17.3 Å². The average Bonchev–Trinajstić information content (AvgIpc) is 3.47. The van der Waals surface area contributed by atoms with Gasteiger partial charge in [-0.3, -0.25) is 14.7 Å². The van der Waals surface area contributed by atoms with Crippen LogP contribution in [0.5, 0.6) is 0 Å². The SMILES string of the molecule is CC(C)(C)c1ccc(-c2nnc(SCC(=O)NC(=O)NC3CCCC3)n2-c2ccccc2)cc1. The lowest BCUT2D eigenvalue weighted by Crippen LogP contribution is -2.44. The van der Waals surface area contributed by atoms with E-state index in [1.807, 2.05) is 34.9 Å². The Morgan fingerprint density at radius 2 is 1.68 bits per heavy atom. The normalized spacial score (nSPS) is 14.2. The highest BCUT2D eigenvalue weighted by molar-refractivity contribution is 7.99. The molecule has 8 heteroatoms. The van der Waals surface area contributed by atoms with Gasteiger partial charge in [0.2, 0.25) is 5.91 Å². The first-order chi connectivity index (χ1) is 16.3. The highest BCUT2D eigenvalue weighted by Gasteiger charge is 2.21. The average molecular weight is 478 g/mol. The Morgan fingerprint density at radius 3 is 2.32 bits per heavy atom. The maximum absolute atomic E-state index is 12.4. The second-order valence-electron chi connectivity index (χ2n) is 9.60. The van der Waals surface area contributed by atoms with Crippen LogP contribution in [0.2, 0.25) is 0 Å². The second kappa shape index (κ2) is 10.4. The fraction of sp³-hybridized carbons (Fsp3) is 0.385. The number of rotatable bonds is 6. The number of carbonyl (C=O) groups excluding carboxylic acids is 2. The summed E-state index contributed by atoms with van der Waals surface area (Å²) in [5.41, 5.74) is 3.15. The van der Waals surface area contributed by atoms with E-state index in [0.717, 1.165) is 36.9 Å². The molecule has 0 spiro atoms. The predicted molar refractivity (Wildman–Crippen MR) is 135 cm³/mol. The molecule has 3 aromatic rings. The zero-order valence-electron chi connectivity index (χ0n) is 19.9. The van der Waals surface area contributed by atoms with Gasteiger partial charge in [-0.25, -0.2) is 4.79 Å². The van der Waals surface area contributed by atoms with Gasteiger partial charge in [-0.15, -0.1) is 10.2 Å². The molecule has 0 radical (unpaired) electrons. The maximum atomic E-state index is 12.4. The number of para-hydroxylation sites is 1. The molecule has 0 bridgehead atoms. The molecular formula is C26H31N5O2S. The van der Waals surface area contributed by atoms with Crippen molar-refractivity contribution in [3.05, 3.63) is 60.2 Å². The van der Waals surface area contributed by atoms with Crippen LogP contribution in [0.4, 0.5) is 4.79 Å². The molecule has 2 aromatic carbocycles. The molecule has 4 rings (SSSR count). The lowest BCUT2D eigenvalue weighted by atomic mass is 9.87. The van der Waals surface area contributed by atoms with E-state index in [1.54, 1.807) is 0 Å². The third-order valence-electron chi connectivity index (χ3n) is 5.93. The highest BCUT2D eigenvalue weighted by Crippen LogP contribution is 2.30. The van der Waals surface area contributed by atoms with E-state index < -0.39 is 6.03 Å². The van der Waals surface area contributed by atoms with Gasteiger partial charge < -0.3 is 5.32 Å². The van der Waals surface area contributed by atoms with Crippen LogP contribution >= 0.6 is 11.8 Å². The summed E-state index contributed by atoms with van der Waals surface area (Å²) in [6, 6.07) is 17.9. The molecule has 34 heavy (non-hydrogen) atoms. The van der Waals surface area contributed by atoms with Crippen molar-refractivity contribution in [2.45, 2.75) is 63.1 Å². The van der Waals surface area contributed by atoms with Crippen molar-refractivity contribution in [2.24, 2.45) is 0 Å². The number of thioether (sulfide) groups is 1. The number of benzene rings is 2. The van der Waals surface area contributed by atoms with Crippen LogP contribution in [-0.4, -0.2) is 38.5 Å². The molecule has 2 N–H and O–H groups in total. The Morgan fingerprint density at radius 1 is 1.00 bits per heavy atom. The van der Waals surface area contributed by atoms with Crippen LogP contribution < -0.4 is 10.6 Å². The summed E-state index contributed by atoms with van der Waals surface area (Å²) in [7, 11) is 0. The number of urea groups is 1. The summed E-state index contributed by atoms with van der Waals surface area (Å²) in [5, 5.41) is 14.7. The Hall–Kier alpha value is -3.13. The number of imide groups is 1. The summed E-state index contributed by atoms with van der Waals surface area (Å²) in [5.74, 6) is 0.402. The summed E-state index contributed by atoms with van der Waals surface area (Å²) in [6.45, 7) is 6.55. The quantitative estimate of drug-likeness (QED) is 0.483. The number of amides is 3. The molecule has 0 unspecified atom stereocenters. The van der Waals surface area contributed by atoms with Crippen molar-refractivity contribution in [2.75, 3.05) is 5.75 Å². The smallest absolute Gasteiger partial charge is 0.321 e. The molecule has 0 aliphatic heterocycles. The maximum Gasteiger partial charge on any atom is 0.321 e. The van der Waals surface area contributed by atoms with Crippen LogP contribution in [0, 0.1) is 0 Å². The van der Waals surface area contributed by atoms with Crippen molar-refractivity contribution in [1.29, 1.82) is 0 Å². The fourth-order valence-electron chi connectivity index (χ4n) is 4.06. The summed E-state index contributed by atoms with van der Waals surface area (Å²) in [4.78, 5) is 24.5. The minimum absolute atomic E-state index is 0.0596. The summed E-state index contributed by atoms with van der Waals surface area (Å²) >= 11 is 1.25. The minimum atomic E-state index is -0.429. The Balaban J connectivity index is 1.51. The van der Waals surface area contributed by atoms with Gasteiger partial charge in [0.05, 0.1) is 5.75 Å². The highest BCUT2D eigenvalue weighted by atomic mass is 32.2. The number of nitrogens with zero attached hydrogens (tertiary/aromatic N) is 3. The van der Waals surface area contributed by atoms with E-state index in [9.17, 15) is 9.59 Å². The minimum Gasteiger partial charge on any atom is -0.335 e. The van der Waals surface area contributed by atoms with Gasteiger partial charge in [0.1, 0.15) is 0 Å². The molecule has 1 heterocycles. The van der Waals surface area contributed by atoms with Gasteiger partial charge in [0.15, 0.2) is 11.0 Å². The number of carbonyl (C=O) groups is 2. The van der Waals surface area contributed by atoms with E-state index >= 15 is 0 Å². The van der Waals surface area contributed by atoms with Crippen LogP contribution in [0.15, 0.2) is 59.8 Å². The summed E-state index contributed by atoms with van der Waals surface area (Å²) in [6.07, 6.45) is 4.17. The largest absolute Gasteiger partial charge is 0.335 e. The third kappa shape index (κ3) is 5.86. The van der Waals surface area contributed by atoms with Crippen LogP contribution in [-0.2, 0) is 10.2 Å². The van der Waals surface area contributed by atoms with E-state index in [2.05, 4.69) is 65.9 Å². The van der Waals surface area contributed by atoms with Crippen LogP contribution in [0.25, 0.3) is 17.1 Å². The van der Waals surface area contributed by atoms with Crippen molar-refractivity contribution in [3.8, 4) is 17.1 Å². The fourth-order valence-corrected chi connectivity index (χ4v) is 4.82. The predicted octanol–water partition coefficient (Wildman–Crippen LogP) is 5.09. The first kappa shape index (κ1) is 24.0. The number of hydrogen-bond acceptors (Lipinski definition) is 5. The first-order valence-corrected chi connectivity index (χ1v) is 12.6. The molecule has 1 aliphatic rings. The second-order valence-corrected chi connectivity index (χ2v) is 10.5.